The van der Waals surface area contributed by atoms with Crippen LogP contribution in [0.4, 0.5) is 0 Å². The van der Waals surface area contributed by atoms with Crippen molar-refractivity contribution in [3.63, 3.8) is 0 Å². The third-order valence-corrected chi connectivity index (χ3v) is 3.68. The maximum absolute atomic E-state index is 11.9. The van der Waals surface area contributed by atoms with E-state index < -0.39 is 0 Å². The van der Waals surface area contributed by atoms with E-state index in [0.29, 0.717) is 5.56 Å². The third-order valence-electron chi connectivity index (χ3n) is 3.68. The van der Waals surface area contributed by atoms with Crippen LogP contribution in [-0.2, 0) is 0 Å². The van der Waals surface area contributed by atoms with Crippen molar-refractivity contribution in [3.05, 3.63) is 29.8 Å². The van der Waals surface area contributed by atoms with Gasteiger partial charge in [-0.25, -0.2) is 0 Å². The summed E-state index contributed by atoms with van der Waals surface area (Å²) in [6.07, 6.45) is 3.38. The summed E-state index contributed by atoms with van der Waals surface area (Å²) in [6.45, 7) is 8.51. The Labute approximate surface area is 128 Å². The molecule has 0 bridgehead atoms. The highest BCUT2D eigenvalue weighted by Crippen LogP contribution is 2.11. The fraction of sp³-hybridized carbons (Fsp3) is 0.588. The molecule has 0 fully saturated rings. The summed E-state index contributed by atoms with van der Waals surface area (Å²) in [5.74, 6) is 0.754. The van der Waals surface area contributed by atoms with Gasteiger partial charge >= 0.3 is 0 Å². The fourth-order valence-electron chi connectivity index (χ4n) is 2.22. The average Bonchev–Trinajstić information content (AvgIpc) is 2.54. The van der Waals surface area contributed by atoms with E-state index in [1.807, 2.05) is 0 Å². The van der Waals surface area contributed by atoms with Crippen molar-refractivity contribution in [1.29, 1.82) is 0 Å². The van der Waals surface area contributed by atoms with E-state index in [0.717, 1.165) is 44.8 Å². The highest BCUT2D eigenvalue weighted by Gasteiger charge is 2.04. The standard InChI is InChI=1S/C17H28N2O2/c1-4-19(5-2)14-8-6-7-13-18-17(20)15-9-11-16(21-3)12-10-15/h9-12H,4-8,13-14H2,1-3H3,(H,18,20). The van der Waals surface area contributed by atoms with Gasteiger partial charge in [-0.05, 0) is 56.7 Å². The number of ether oxygens (including phenoxy) is 1. The third kappa shape index (κ3) is 6.63. The van der Waals surface area contributed by atoms with E-state index in [1.54, 1.807) is 31.4 Å². The smallest absolute Gasteiger partial charge is 0.251 e. The van der Waals surface area contributed by atoms with Gasteiger partial charge in [-0.1, -0.05) is 20.3 Å². The quantitative estimate of drug-likeness (QED) is 0.674. The van der Waals surface area contributed by atoms with Gasteiger partial charge in [0, 0.05) is 12.1 Å². The Bertz CT molecular complexity index is 400. The van der Waals surface area contributed by atoms with Gasteiger partial charge in [-0.2, -0.15) is 0 Å². The van der Waals surface area contributed by atoms with Crippen LogP contribution >= 0.6 is 0 Å². The Morgan fingerprint density at radius 3 is 2.33 bits per heavy atom. The van der Waals surface area contributed by atoms with Crippen LogP contribution < -0.4 is 10.1 Å². The number of carbonyl (C=O) groups excluding carboxylic acids is 1. The van der Waals surface area contributed by atoms with Crippen LogP contribution in [0.1, 0.15) is 43.5 Å². The summed E-state index contributed by atoms with van der Waals surface area (Å²) in [7, 11) is 1.62. The van der Waals surface area contributed by atoms with E-state index in [-0.39, 0.29) is 5.91 Å². The first-order chi connectivity index (χ1) is 10.2. The molecule has 0 atom stereocenters. The van der Waals surface area contributed by atoms with Crippen molar-refractivity contribution in [2.75, 3.05) is 33.3 Å². The number of hydrogen-bond donors (Lipinski definition) is 1. The SMILES string of the molecule is CCN(CC)CCCCCNC(=O)c1ccc(OC)cc1. The summed E-state index contributed by atoms with van der Waals surface area (Å²) in [5.41, 5.74) is 0.680. The van der Waals surface area contributed by atoms with Gasteiger partial charge in [0.25, 0.3) is 5.91 Å². The summed E-state index contributed by atoms with van der Waals surface area (Å²) < 4.78 is 5.08. The monoisotopic (exact) mass is 292 g/mol. The molecule has 0 aliphatic carbocycles. The molecule has 1 aromatic carbocycles. The minimum Gasteiger partial charge on any atom is -0.497 e. The van der Waals surface area contributed by atoms with E-state index in [4.69, 9.17) is 4.74 Å². The lowest BCUT2D eigenvalue weighted by Gasteiger charge is -2.17. The molecule has 1 aromatic rings. The molecule has 0 aliphatic heterocycles. The average molecular weight is 292 g/mol. The van der Waals surface area contributed by atoms with E-state index >= 15 is 0 Å². The second-order valence-corrected chi connectivity index (χ2v) is 5.07. The molecule has 1 rings (SSSR count). The minimum absolute atomic E-state index is 0.0126. The van der Waals surface area contributed by atoms with Crippen molar-refractivity contribution >= 4 is 5.91 Å². The first-order valence-electron chi connectivity index (χ1n) is 7.85. The first-order valence-corrected chi connectivity index (χ1v) is 7.85. The van der Waals surface area contributed by atoms with Gasteiger partial charge in [0.1, 0.15) is 5.75 Å². The number of rotatable bonds is 10. The molecule has 0 aliphatic rings. The van der Waals surface area contributed by atoms with Crippen molar-refractivity contribution in [2.24, 2.45) is 0 Å². The number of unbranched alkanes of at least 4 members (excludes halogenated alkanes) is 2. The summed E-state index contributed by atoms with van der Waals surface area (Å²) in [5, 5.41) is 2.96. The zero-order valence-corrected chi connectivity index (χ0v) is 13.5. The molecule has 1 N–H and O–H groups in total. The normalized spacial score (nSPS) is 10.7. The number of nitrogens with zero attached hydrogens (tertiary/aromatic N) is 1. The van der Waals surface area contributed by atoms with Crippen molar-refractivity contribution < 1.29 is 9.53 Å². The van der Waals surface area contributed by atoms with Crippen LogP contribution in [-0.4, -0.2) is 44.1 Å². The molecule has 0 unspecified atom stereocenters. The summed E-state index contributed by atoms with van der Waals surface area (Å²) in [4.78, 5) is 14.3. The largest absolute Gasteiger partial charge is 0.497 e. The van der Waals surface area contributed by atoms with E-state index in [9.17, 15) is 4.79 Å². The van der Waals surface area contributed by atoms with Gasteiger partial charge in [-0.3, -0.25) is 4.79 Å². The lowest BCUT2D eigenvalue weighted by atomic mass is 10.2. The molecule has 0 spiro atoms. The minimum atomic E-state index is -0.0126. The maximum atomic E-state index is 11.9. The van der Waals surface area contributed by atoms with Crippen molar-refractivity contribution in [2.45, 2.75) is 33.1 Å². The van der Waals surface area contributed by atoms with Gasteiger partial charge in [-0.15, -0.1) is 0 Å². The van der Waals surface area contributed by atoms with Crippen molar-refractivity contribution in [1.82, 2.24) is 10.2 Å². The van der Waals surface area contributed by atoms with Gasteiger partial charge < -0.3 is 15.0 Å². The lowest BCUT2D eigenvalue weighted by Crippen LogP contribution is -2.25. The topological polar surface area (TPSA) is 41.6 Å². The zero-order chi connectivity index (χ0) is 15.5. The molecule has 4 heteroatoms. The van der Waals surface area contributed by atoms with Crippen LogP contribution in [0.25, 0.3) is 0 Å². The molecule has 0 radical (unpaired) electrons. The number of benzene rings is 1. The molecule has 1 amide bonds. The highest BCUT2D eigenvalue weighted by molar-refractivity contribution is 5.94. The summed E-state index contributed by atoms with van der Waals surface area (Å²) >= 11 is 0. The number of methoxy groups -OCH3 is 1. The lowest BCUT2D eigenvalue weighted by molar-refractivity contribution is 0.0953. The number of nitrogens with one attached hydrogen (secondary N) is 1. The van der Waals surface area contributed by atoms with Crippen molar-refractivity contribution in [3.8, 4) is 5.75 Å². The molecule has 118 valence electrons. The Morgan fingerprint density at radius 2 is 1.76 bits per heavy atom. The maximum Gasteiger partial charge on any atom is 0.251 e. The zero-order valence-electron chi connectivity index (χ0n) is 13.5. The van der Waals surface area contributed by atoms with Crippen LogP contribution in [0, 0.1) is 0 Å². The fourth-order valence-corrected chi connectivity index (χ4v) is 2.22. The molecule has 21 heavy (non-hydrogen) atoms. The number of hydrogen-bond acceptors (Lipinski definition) is 3. The Kier molecular flexibility index (Phi) is 8.51. The highest BCUT2D eigenvalue weighted by atomic mass is 16.5. The molecule has 0 saturated heterocycles. The van der Waals surface area contributed by atoms with E-state index in [1.165, 1.54) is 6.42 Å². The Balaban J connectivity index is 2.15. The van der Waals surface area contributed by atoms with Crippen LogP contribution in [0.2, 0.25) is 0 Å². The molecule has 0 aromatic heterocycles. The van der Waals surface area contributed by atoms with Crippen LogP contribution in [0.5, 0.6) is 5.75 Å². The molecule has 0 saturated carbocycles. The van der Waals surface area contributed by atoms with Gasteiger partial charge in [0.15, 0.2) is 0 Å². The van der Waals surface area contributed by atoms with Crippen LogP contribution in [0.3, 0.4) is 0 Å². The summed E-state index contributed by atoms with van der Waals surface area (Å²) in [6, 6.07) is 7.18. The molecule has 0 heterocycles. The Morgan fingerprint density at radius 1 is 1.10 bits per heavy atom. The number of amides is 1. The second-order valence-electron chi connectivity index (χ2n) is 5.07. The van der Waals surface area contributed by atoms with Gasteiger partial charge in [0.2, 0.25) is 0 Å². The molecular weight excluding hydrogens is 264 g/mol. The predicted octanol–water partition coefficient (Wildman–Crippen LogP) is 2.94. The van der Waals surface area contributed by atoms with Gasteiger partial charge in [0.05, 0.1) is 7.11 Å². The number of carbonyl (C=O) groups is 1. The Hall–Kier alpha value is -1.55. The second kappa shape index (κ2) is 10.2. The molecular formula is C17H28N2O2. The van der Waals surface area contributed by atoms with E-state index in [2.05, 4.69) is 24.1 Å². The van der Waals surface area contributed by atoms with Crippen LogP contribution in [0.15, 0.2) is 24.3 Å². The predicted molar refractivity (Wildman–Crippen MR) is 87.0 cm³/mol. The first kappa shape index (κ1) is 17.5. The molecule has 4 nitrogen and oxygen atoms in total.